The summed E-state index contributed by atoms with van der Waals surface area (Å²) in [6.07, 6.45) is 0.594. The summed E-state index contributed by atoms with van der Waals surface area (Å²) in [6.45, 7) is 0.835. The molecule has 1 amide bonds. The molecule has 2 N–H and O–H groups in total. The Morgan fingerprint density at radius 2 is 1.86 bits per heavy atom. The number of halogens is 1. The van der Waals surface area contributed by atoms with Crippen LogP contribution in [0.4, 0.5) is 0 Å². The van der Waals surface area contributed by atoms with Gasteiger partial charge in [0.05, 0.1) is 24.1 Å². The second kappa shape index (κ2) is 9.23. The van der Waals surface area contributed by atoms with Crippen molar-refractivity contribution < 1.29 is 14.3 Å². The van der Waals surface area contributed by atoms with Crippen LogP contribution in [0.1, 0.15) is 23.2 Å². The number of carbonyl (C=O) groups is 2. The molecule has 0 aliphatic heterocycles. The number of para-hydroxylation sites is 2. The minimum absolute atomic E-state index is 0.0758. The predicted molar refractivity (Wildman–Crippen MR) is 107 cm³/mol. The maximum Gasteiger partial charge on any atom is 0.326 e. The van der Waals surface area contributed by atoms with Gasteiger partial charge in [0.25, 0.3) is 5.91 Å². The number of fused-ring (bicyclic) bond motifs is 1. The summed E-state index contributed by atoms with van der Waals surface area (Å²) in [5, 5.41) is 3.21. The number of carbonyl (C=O) groups excluding carboxylic acids is 2. The number of hydrogen-bond acceptors (Lipinski definition) is 4. The number of aromatic amines is 1. The molecule has 0 aliphatic rings. The van der Waals surface area contributed by atoms with E-state index in [0.717, 1.165) is 11.0 Å². The summed E-state index contributed by atoms with van der Waals surface area (Å²) < 4.78 is 6.78. The molecule has 0 aliphatic carbocycles. The molecule has 2 aromatic carbocycles. The fourth-order valence-electron chi connectivity index (χ4n) is 2.79. The van der Waals surface area contributed by atoms with Gasteiger partial charge < -0.3 is 15.0 Å². The zero-order valence-electron chi connectivity index (χ0n) is 15.1. The third-order valence-electron chi connectivity index (χ3n) is 4.19. The van der Waals surface area contributed by atoms with Crippen LogP contribution in [0, 0.1) is 0 Å². The minimum atomic E-state index is -0.400. The van der Waals surface area contributed by atoms with Gasteiger partial charge in [-0.15, -0.1) is 0 Å². The van der Waals surface area contributed by atoms with Crippen molar-refractivity contribution in [3.8, 4) is 0 Å². The van der Waals surface area contributed by atoms with E-state index in [4.69, 9.17) is 16.3 Å². The fraction of sp³-hybridized carbons (Fsp3) is 0.250. The van der Waals surface area contributed by atoms with Gasteiger partial charge in [-0.2, -0.15) is 0 Å². The molecule has 28 heavy (non-hydrogen) atoms. The smallest absolute Gasteiger partial charge is 0.326 e. The molecule has 3 rings (SSSR count). The summed E-state index contributed by atoms with van der Waals surface area (Å²) in [5.74, 6) is -0.675. The van der Waals surface area contributed by atoms with Crippen molar-refractivity contribution in [2.45, 2.75) is 19.4 Å². The second-order valence-corrected chi connectivity index (χ2v) is 6.62. The van der Waals surface area contributed by atoms with Crippen molar-refractivity contribution in [2.24, 2.45) is 0 Å². The van der Waals surface area contributed by atoms with Crippen molar-refractivity contribution in [1.82, 2.24) is 14.9 Å². The number of nitrogens with zero attached hydrogens (tertiary/aromatic N) is 1. The summed E-state index contributed by atoms with van der Waals surface area (Å²) >= 11 is 5.78. The van der Waals surface area contributed by atoms with Crippen LogP contribution in [0.2, 0.25) is 5.02 Å². The highest BCUT2D eigenvalue weighted by atomic mass is 35.5. The normalized spacial score (nSPS) is 10.8. The van der Waals surface area contributed by atoms with Crippen LogP contribution in [0.25, 0.3) is 11.0 Å². The number of esters is 1. The summed E-state index contributed by atoms with van der Waals surface area (Å²) in [7, 11) is 0. The molecule has 3 aromatic rings. The van der Waals surface area contributed by atoms with Gasteiger partial charge in [0.2, 0.25) is 0 Å². The molecule has 8 heteroatoms. The lowest BCUT2D eigenvalue weighted by Gasteiger charge is -2.07. The molecule has 0 fully saturated rings. The van der Waals surface area contributed by atoms with E-state index in [0.29, 0.717) is 23.6 Å². The topological polar surface area (TPSA) is 93.2 Å². The lowest BCUT2D eigenvalue weighted by molar-refractivity contribution is -0.143. The number of ether oxygens (including phenoxy) is 1. The number of hydrogen-bond donors (Lipinski definition) is 2. The van der Waals surface area contributed by atoms with Crippen molar-refractivity contribution >= 4 is 34.5 Å². The first-order chi connectivity index (χ1) is 13.5. The molecule has 0 atom stereocenters. The average molecular weight is 402 g/mol. The van der Waals surface area contributed by atoms with E-state index in [-0.39, 0.29) is 31.2 Å². The number of aromatic nitrogens is 2. The van der Waals surface area contributed by atoms with Gasteiger partial charge in [-0.3, -0.25) is 14.2 Å². The van der Waals surface area contributed by atoms with E-state index < -0.39 is 5.97 Å². The monoisotopic (exact) mass is 401 g/mol. The number of H-pyrrole nitrogens is 1. The van der Waals surface area contributed by atoms with Crippen molar-refractivity contribution in [3.63, 3.8) is 0 Å². The molecule has 1 aromatic heterocycles. The molecule has 0 bridgehead atoms. The van der Waals surface area contributed by atoms with E-state index in [1.54, 1.807) is 28.8 Å². The van der Waals surface area contributed by atoms with Crippen LogP contribution in [-0.4, -0.2) is 34.6 Å². The van der Waals surface area contributed by atoms with Crippen LogP contribution < -0.4 is 11.0 Å². The lowest BCUT2D eigenvalue weighted by Crippen LogP contribution is -2.26. The van der Waals surface area contributed by atoms with E-state index in [9.17, 15) is 14.4 Å². The highest BCUT2D eigenvalue weighted by Gasteiger charge is 2.09. The Balaban J connectivity index is 1.36. The molecule has 7 nitrogen and oxygen atoms in total. The van der Waals surface area contributed by atoms with Gasteiger partial charge in [-0.1, -0.05) is 23.7 Å². The zero-order valence-corrected chi connectivity index (χ0v) is 15.9. The Bertz CT molecular complexity index is 1020. The predicted octanol–water partition coefficient (Wildman–Crippen LogP) is 2.74. The molecule has 0 unspecified atom stereocenters. The van der Waals surface area contributed by atoms with Gasteiger partial charge >= 0.3 is 11.7 Å². The Morgan fingerprint density at radius 1 is 1.11 bits per heavy atom. The third kappa shape index (κ3) is 5.01. The molecule has 1 heterocycles. The molecule has 0 saturated heterocycles. The van der Waals surface area contributed by atoms with Crippen molar-refractivity contribution in [2.75, 3.05) is 13.2 Å². The van der Waals surface area contributed by atoms with Crippen LogP contribution in [0.3, 0.4) is 0 Å². The number of amides is 1. The number of aryl methyl sites for hydroxylation is 1. The Labute approximate surface area is 166 Å². The Morgan fingerprint density at radius 3 is 2.64 bits per heavy atom. The number of imidazole rings is 1. The maximum absolute atomic E-state index is 12.0. The van der Waals surface area contributed by atoms with Gasteiger partial charge in [-0.25, -0.2) is 4.79 Å². The molecular weight excluding hydrogens is 382 g/mol. The number of rotatable bonds is 8. The average Bonchev–Trinajstić information content (AvgIpc) is 3.01. The zero-order chi connectivity index (χ0) is 19.9. The lowest BCUT2D eigenvalue weighted by atomic mass is 10.2. The first-order valence-electron chi connectivity index (χ1n) is 8.91. The van der Waals surface area contributed by atoms with E-state index in [1.165, 1.54) is 0 Å². The van der Waals surface area contributed by atoms with Crippen LogP contribution in [-0.2, 0) is 16.1 Å². The van der Waals surface area contributed by atoms with Crippen molar-refractivity contribution in [1.29, 1.82) is 0 Å². The SMILES string of the molecule is O=C(CCNC(=O)c1ccc(Cl)cc1)OCCCn1c(=O)[nH]c2ccccc21. The summed E-state index contributed by atoms with van der Waals surface area (Å²) in [6, 6.07) is 13.9. The molecule has 0 spiro atoms. The Hall–Kier alpha value is -3.06. The first-order valence-corrected chi connectivity index (χ1v) is 9.29. The van der Waals surface area contributed by atoms with Gasteiger partial charge in [0.15, 0.2) is 0 Å². The van der Waals surface area contributed by atoms with Crippen LogP contribution >= 0.6 is 11.6 Å². The second-order valence-electron chi connectivity index (χ2n) is 6.19. The molecule has 146 valence electrons. The fourth-order valence-corrected chi connectivity index (χ4v) is 2.92. The van der Waals surface area contributed by atoms with E-state index in [1.807, 2.05) is 24.3 Å². The first kappa shape index (κ1) is 19.7. The molecular formula is C20H20ClN3O4. The summed E-state index contributed by atoms with van der Waals surface area (Å²) in [4.78, 5) is 38.5. The van der Waals surface area contributed by atoms with Crippen LogP contribution in [0.5, 0.6) is 0 Å². The Kier molecular flexibility index (Phi) is 6.49. The quantitative estimate of drug-likeness (QED) is 0.448. The van der Waals surface area contributed by atoms with E-state index >= 15 is 0 Å². The highest BCUT2D eigenvalue weighted by Crippen LogP contribution is 2.10. The number of nitrogens with one attached hydrogen (secondary N) is 2. The summed E-state index contributed by atoms with van der Waals surface area (Å²) in [5.41, 5.74) is 1.89. The molecule has 0 saturated carbocycles. The maximum atomic E-state index is 12.0. The minimum Gasteiger partial charge on any atom is -0.466 e. The van der Waals surface area contributed by atoms with Gasteiger partial charge in [0, 0.05) is 23.7 Å². The van der Waals surface area contributed by atoms with Gasteiger partial charge in [0.1, 0.15) is 0 Å². The highest BCUT2D eigenvalue weighted by molar-refractivity contribution is 6.30. The van der Waals surface area contributed by atoms with Crippen molar-refractivity contribution in [3.05, 3.63) is 69.6 Å². The largest absolute Gasteiger partial charge is 0.466 e. The third-order valence-corrected chi connectivity index (χ3v) is 4.44. The van der Waals surface area contributed by atoms with E-state index in [2.05, 4.69) is 10.3 Å². The number of benzene rings is 2. The standard InChI is InChI=1S/C20H20ClN3O4/c21-15-8-6-14(7-9-15)19(26)22-11-10-18(25)28-13-3-12-24-17-5-2-1-4-16(17)23-20(24)27/h1-2,4-9H,3,10-13H2,(H,22,26)(H,23,27). The van der Waals surface area contributed by atoms with Crippen LogP contribution in [0.15, 0.2) is 53.3 Å². The van der Waals surface area contributed by atoms with Gasteiger partial charge in [-0.05, 0) is 42.8 Å². The molecule has 0 radical (unpaired) electrons.